The second-order valence-electron chi connectivity index (χ2n) is 11.5. The number of benzene rings is 2. The molecule has 0 saturated carbocycles. The lowest BCUT2D eigenvalue weighted by molar-refractivity contribution is 0.187. The molecule has 0 spiro atoms. The second-order valence-corrected chi connectivity index (χ2v) is 12.4. The molecule has 0 N–H and O–H groups in total. The summed E-state index contributed by atoms with van der Waals surface area (Å²) in [4.78, 5) is 18.9. The molecule has 3 aliphatic rings. The number of fused-ring (bicyclic) bond motifs is 2. The number of anilines is 2. The van der Waals surface area contributed by atoms with Gasteiger partial charge in [-0.05, 0) is 57.3 Å². The molecule has 10 heteroatoms. The van der Waals surface area contributed by atoms with Gasteiger partial charge in [-0.2, -0.15) is 15.2 Å². The van der Waals surface area contributed by atoms with Crippen LogP contribution >= 0.6 is 15.9 Å². The van der Waals surface area contributed by atoms with Gasteiger partial charge in [0.05, 0.1) is 30.8 Å². The fourth-order valence-corrected chi connectivity index (χ4v) is 7.15. The number of nitriles is 1. The quantitative estimate of drug-likeness (QED) is 0.330. The molecule has 6 rings (SSSR count). The highest BCUT2D eigenvalue weighted by molar-refractivity contribution is 9.10. The number of nitrogens with zero attached hydrogens (tertiary/aromatic N) is 7. The van der Waals surface area contributed by atoms with Crippen molar-refractivity contribution in [3.05, 3.63) is 64.2 Å². The summed E-state index contributed by atoms with van der Waals surface area (Å²) >= 11 is 3.78. The van der Waals surface area contributed by atoms with Gasteiger partial charge in [-0.15, -0.1) is 0 Å². The molecule has 0 radical (unpaired) electrons. The van der Waals surface area contributed by atoms with Crippen LogP contribution in [0.4, 0.5) is 15.9 Å². The third-order valence-corrected chi connectivity index (χ3v) is 9.43. The Balaban J connectivity index is 1.34. The summed E-state index contributed by atoms with van der Waals surface area (Å²) in [5.74, 6) is 0.635. The third kappa shape index (κ3) is 5.90. The summed E-state index contributed by atoms with van der Waals surface area (Å²) in [5.41, 5.74) is 3.29. The summed E-state index contributed by atoms with van der Waals surface area (Å²) in [7, 11) is 2.14. The van der Waals surface area contributed by atoms with Crippen molar-refractivity contribution >= 4 is 38.2 Å². The average molecular weight is 635 g/mol. The minimum absolute atomic E-state index is 0.121. The van der Waals surface area contributed by atoms with E-state index in [4.69, 9.17) is 14.7 Å². The van der Waals surface area contributed by atoms with Gasteiger partial charge in [0.1, 0.15) is 18.3 Å². The van der Waals surface area contributed by atoms with E-state index in [9.17, 15) is 9.65 Å². The largest absolute Gasteiger partial charge is 0.462 e. The molecule has 3 aromatic rings. The van der Waals surface area contributed by atoms with Crippen LogP contribution in [0.15, 0.2) is 52.9 Å². The van der Waals surface area contributed by atoms with E-state index in [1.165, 1.54) is 36.0 Å². The standard InChI is InChI=1S/C32H37BrFN7O/c1-22(34)18-39-16-17-41(19-24(39)11-13-35)31-26-12-15-40(29-10-4-7-23-6-3-9-27(33)30(23)29)20-28(26)36-32(37-31)42-21-25-8-5-14-38(25)2/h3-4,6-7,9-10,18,24-25H,5,8,11-12,14-17,19-21H2,1-2H3/t24-,25-/m0/s1. The van der Waals surface area contributed by atoms with E-state index in [2.05, 4.69) is 80.1 Å². The molecule has 4 heterocycles. The Bertz CT molecular complexity index is 1520. The highest BCUT2D eigenvalue weighted by Crippen LogP contribution is 2.37. The van der Waals surface area contributed by atoms with E-state index in [-0.39, 0.29) is 11.9 Å². The Labute approximate surface area is 255 Å². The van der Waals surface area contributed by atoms with Gasteiger partial charge in [0.15, 0.2) is 0 Å². The Morgan fingerprint density at radius 2 is 1.95 bits per heavy atom. The average Bonchev–Trinajstić information content (AvgIpc) is 3.40. The maximum Gasteiger partial charge on any atom is 0.318 e. The number of aromatic nitrogens is 2. The molecule has 8 nitrogen and oxygen atoms in total. The van der Waals surface area contributed by atoms with Crippen LogP contribution in [0.3, 0.4) is 0 Å². The predicted molar refractivity (Wildman–Crippen MR) is 167 cm³/mol. The van der Waals surface area contributed by atoms with Gasteiger partial charge in [-0.3, -0.25) is 0 Å². The van der Waals surface area contributed by atoms with Crippen molar-refractivity contribution in [3.63, 3.8) is 0 Å². The number of likely N-dealkylation sites (N-methyl/N-ethyl adjacent to an activating group) is 1. The number of halogens is 2. The van der Waals surface area contributed by atoms with Crippen molar-refractivity contribution < 1.29 is 9.13 Å². The summed E-state index contributed by atoms with van der Waals surface area (Å²) in [6, 6.07) is 15.7. The molecule has 42 heavy (non-hydrogen) atoms. The van der Waals surface area contributed by atoms with Gasteiger partial charge in [-0.25, -0.2) is 4.39 Å². The van der Waals surface area contributed by atoms with Crippen LogP contribution in [-0.2, 0) is 13.0 Å². The third-order valence-electron chi connectivity index (χ3n) is 8.77. The van der Waals surface area contributed by atoms with Crippen LogP contribution in [0, 0.1) is 11.3 Å². The van der Waals surface area contributed by atoms with Crippen LogP contribution in [0.5, 0.6) is 6.01 Å². The zero-order valence-corrected chi connectivity index (χ0v) is 25.9. The van der Waals surface area contributed by atoms with Crippen molar-refractivity contribution in [2.24, 2.45) is 0 Å². The Hall–Kier alpha value is -3.42. The highest BCUT2D eigenvalue weighted by atomic mass is 79.9. The Morgan fingerprint density at radius 3 is 2.71 bits per heavy atom. The van der Waals surface area contributed by atoms with Gasteiger partial charge >= 0.3 is 6.01 Å². The molecule has 2 atom stereocenters. The van der Waals surface area contributed by atoms with Gasteiger partial charge < -0.3 is 24.3 Å². The topological polar surface area (TPSA) is 71.8 Å². The number of likely N-dealkylation sites (tertiary alicyclic amines) is 1. The minimum Gasteiger partial charge on any atom is -0.462 e. The SMILES string of the molecule is CC(F)=CN1CCN(c2nc(OC[C@@H]3CCCN3C)nc3c2CCN(c2cccc4cccc(Br)c24)C3)C[C@@H]1CC#N. The van der Waals surface area contributed by atoms with Crippen molar-refractivity contribution in [2.45, 2.75) is 51.2 Å². The van der Waals surface area contributed by atoms with E-state index in [1.54, 1.807) is 0 Å². The Kier molecular flexibility index (Phi) is 8.50. The lowest BCUT2D eigenvalue weighted by Gasteiger charge is -2.42. The number of ether oxygens (including phenoxy) is 1. The van der Waals surface area contributed by atoms with E-state index in [1.807, 2.05) is 4.90 Å². The summed E-state index contributed by atoms with van der Waals surface area (Å²) in [6.07, 6.45) is 4.92. The van der Waals surface area contributed by atoms with Crippen molar-refractivity contribution in [2.75, 3.05) is 56.2 Å². The fraction of sp³-hybridized carbons (Fsp3) is 0.469. The second kappa shape index (κ2) is 12.4. The summed E-state index contributed by atoms with van der Waals surface area (Å²) < 4.78 is 21.2. The zero-order chi connectivity index (χ0) is 29.2. The van der Waals surface area contributed by atoms with Gasteiger partial charge in [0.2, 0.25) is 0 Å². The van der Waals surface area contributed by atoms with Crippen LogP contribution in [-0.4, -0.2) is 78.2 Å². The fourth-order valence-electron chi connectivity index (χ4n) is 6.57. The maximum atomic E-state index is 13.8. The normalized spacial score (nSPS) is 21.5. The molecule has 2 aromatic carbocycles. The first kappa shape index (κ1) is 28.7. The lowest BCUT2D eigenvalue weighted by atomic mass is 10.0. The van der Waals surface area contributed by atoms with Crippen molar-refractivity contribution in [3.8, 4) is 12.1 Å². The molecule has 3 aliphatic heterocycles. The number of allylic oxidation sites excluding steroid dienone is 1. The molecular formula is C32H37BrFN7O. The van der Waals surface area contributed by atoms with E-state index < -0.39 is 0 Å². The first-order valence-electron chi connectivity index (χ1n) is 14.8. The minimum atomic E-state index is -0.251. The molecule has 2 fully saturated rings. The summed E-state index contributed by atoms with van der Waals surface area (Å²) in [5, 5.41) is 11.9. The summed E-state index contributed by atoms with van der Waals surface area (Å²) in [6.45, 7) is 6.45. The molecule has 0 bridgehead atoms. The number of piperazine rings is 1. The number of rotatable bonds is 7. The van der Waals surface area contributed by atoms with Crippen molar-refractivity contribution in [1.29, 1.82) is 5.26 Å². The maximum absolute atomic E-state index is 13.8. The molecule has 0 unspecified atom stereocenters. The Morgan fingerprint density at radius 1 is 1.12 bits per heavy atom. The van der Waals surface area contributed by atoms with Crippen LogP contribution in [0.25, 0.3) is 10.8 Å². The van der Waals surface area contributed by atoms with Crippen LogP contribution in [0.1, 0.15) is 37.4 Å². The van der Waals surface area contributed by atoms with E-state index in [0.29, 0.717) is 51.3 Å². The smallest absolute Gasteiger partial charge is 0.318 e. The molecule has 220 valence electrons. The van der Waals surface area contributed by atoms with Crippen LogP contribution < -0.4 is 14.5 Å². The van der Waals surface area contributed by atoms with Crippen LogP contribution in [0.2, 0.25) is 0 Å². The highest BCUT2D eigenvalue weighted by Gasteiger charge is 2.32. The van der Waals surface area contributed by atoms with Gasteiger partial charge in [0.25, 0.3) is 0 Å². The number of hydrogen-bond acceptors (Lipinski definition) is 8. The van der Waals surface area contributed by atoms with Crippen molar-refractivity contribution in [1.82, 2.24) is 19.8 Å². The van der Waals surface area contributed by atoms with Gasteiger partial charge in [-0.1, -0.05) is 40.2 Å². The molecular weight excluding hydrogens is 597 g/mol. The molecule has 0 amide bonds. The van der Waals surface area contributed by atoms with E-state index in [0.717, 1.165) is 47.5 Å². The van der Waals surface area contributed by atoms with Gasteiger partial charge in [0, 0.05) is 59.5 Å². The predicted octanol–water partition coefficient (Wildman–Crippen LogP) is 5.66. The van der Waals surface area contributed by atoms with E-state index >= 15 is 0 Å². The lowest BCUT2D eigenvalue weighted by Crippen LogP contribution is -2.51. The first-order valence-corrected chi connectivity index (χ1v) is 15.6. The number of hydrogen-bond donors (Lipinski definition) is 0. The zero-order valence-electron chi connectivity index (χ0n) is 24.3. The molecule has 0 aliphatic carbocycles. The first-order chi connectivity index (χ1) is 20.4. The monoisotopic (exact) mass is 633 g/mol. The molecule has 2 saturated heterocycles. The molecule has 1 aromatic heterocycles.